The maximum Gasteiger partial charge on any atom is 0.344 e. The molecule has 1 fully saturated rings. The lowest BCUT2D eigenvalue weighted by atomic mass is 10.1. The highest BCUT2D eigenvalue weighted by atomic mass is 28.4. The number of piperazine rings is 1. The first kappa shape index (κ1) is 23.8. The molecule has 0 N–H and O–H groups in total. The van der Waals surface area contributed by atoms with E-state index in [2.05, 4.69) is 50.7 Å². The molecular weight excluding hydrogens is 432 g/mol. The van der Waals surface area contributed by atoms with Crippen molar-refractivity contribution in [2.45, 2.75) is 38.9 Å². The van der Waals surface area contributed by atoms with Crippen molar-refractivity contribution >= 4 is 30.1 Å². The predicted octanol–water partition coefficient (Wildman–Crippen LogP) is 4.96. The molecule has 0 amide bonds. The van der Waals surface area contributed by atoms with Crippen molar-refractivity contribution in [3.05, 3.63) is 46.8 Å². The third-order valence-electron chi connectivity index (χ3n) is 7.11. The molecule has 1 aliphatic heterocycles. The number of hydrogen-bond donors (Lipinski definition) is 0. The summed E-state index contributed by atoms with van der Waals surface area (Å²) < 4.78 is 18.1. The first-order chi connectivity index (χ1) is 15.5. The van der Waals surface area contributed by atoms with Crippen LogP contribution in [-0.4, -0.2) is 64.5 Å². The summed E-state index contributed by atoms with van der Waals surface area (Å²) in [6, 6.07) is 11.5. The molecule has 0 atom stereocenters. The summed E-state index contributed by atoms with van der Waals surface area (Å²) in [5.41, 5.74) is 0.193. The number of benzene rings is 2. The first-order valence-corrected chi connectivity index (χ1v) is 14.7. The van der Waals surface area contributed by atoms with Gasteiger partial charge in [-0.3, -0.25) is 4.90 Å². The van der Waals surface area contributed by atoms with E-state index in [0.717, 1.165) is 49.2 Å². The number of hydrogen-bond acceptors (Lipinski definition) is 6. The van der Waals surface area contributed by atoms with E-state index >= 15 is 0 Å². The standard InChI is InChI=1S/C26H36N2O4Si/c1-26(2,3)33(5,6)32-20-8-10-22-21-9-7-19(17-23(21)25(29)31-24(22)18-20)30-16-15-28-13-11-27(4)12-14-28/h7-10,17-18H,11-16H2,1-6H3. The van der Waals surface area contributed by atoms with Crippen LogP contribution in [0.5, 0.6) is 11.5 Å². The molecule has 0 radical (unpaired) electrons. The van der Waals surface area contributed by atoms with E-state index in [4.69, 9.17) is 13.6 Å². The highest BCUT2D eigenvalue weighted by Gasteiger charge is 2.39. The van der Waals surface area contributed by atoms with Gasteiger partial charge in [0.05, 0.1) is 5.39 Å². The molecule has 0 bridgehead atoms. The molecule has 7 heteroatoms. The van der Waals surface area contributed by atoms with Crippen LogP contribution in [0.1, 0.15) is 20.8 Å². The molecule has 0 aliphatic carbocycles. The van der Waals surface area contributed by atoms with Crippen LogP contribution in [-0.2, 0) is 0 Å². The van der Waals surface area contributed by atoms with Gasteiger partial charge in [-0.05, 0) is 55.5 Å². The number of nitrogens with zero attached hydrogens (tertiary/aromatic N) is 2. The first-order valence-electron chi connectivity index (χ1n) is 11.8. The molecule has 0 saturated carbocycles. The predicted molar refractivity (Wildman–Crippen MR) is 137 cm³/mol. The third-order valence-corrected chi connectivity index (χ3v) is 11.5. The van der Waals surface area contributed by atoms with Crippen molar-refractivity contribution in [2.24, 2.45) is 0 Å². The Morgan fingerprint density at radius 1 is 0.939 bits per heavy atom. The summed E-state index contributed by atoms with van der Waals surface area (Å²) in [5, 5.41) is 2.40. The molecule has 1 aromatic heterocycles. The molecular formula is C26H36N2O4Si. The van der Waals surface area contributed by atoms with Crippen LogP contribution >= 0.6 is 0 Å². The van der Waals surface area contributed by atoms with Gasteiger partial charge < -0.3 is 18.5 Å². The second-order valence-corrected chi connectivity index (χ2v) is 15.3. The van der Waals surface area contributed by atoms with E-state index in [1.165, 1.54) is 0 Å². The lowest BCUT2D eigenvalue weighted by Gasteiger charge is -2.36. The summed E-state index contributed by atoms with van der Waals surface area (Å²) in [5.74, 6) is 1.45. The molecule has 178 valence electrons. The van der Waals surface area contributed by atoms with E-state index < -0.39 is 8.32 Å². The lowest BCUT2D eigenvalue weighted by molar-refractivity contribution is 0.134. The van der Waals surface area contributed by atoms with Crippen LogP contribution in [0.25, 0.3) is 21.7 Å². The van der Waals surface area contributed by atoms with Crippen LogP contribution in [0.15, 0.2) is 45.6 Å². The van der Waals surface area contributed by atoms with Crippen LogP contribution in [0.3, 0.4) is 0 Å². The average Bonchev–Trinajstić information content (AvgIpc) is 2.74. The smallest absolute Gasteiger partial charge is 0.344 e. The molecule has 0 spiro atoms. The van der Waals surface area contributed by atoms with Gasteiger partial charge in [0.2, 0.25) is 8.32 Å². The normalized spacial score (nSPS) is 16.4. The van der Waals surface area contributed by atoms with Crippen LogP contribution in [0.2, 0.25) is 18.1 Å². The Bertz CT molecular complexity index is 1190. The van der Waals surface area contributed by atoms with Crippen molar-refractivity contribution in [2.75, 3.05) is 46.4 Å². The van der Waals surface area contributed by atoms with Gasteiger partial charge in [-0.15, -0.1) is 0 Å². The van der Waals surface area contributed by atoms with Gasteiger partial charge in [0.1, 0.15) is 23.7 Å². The summed E-state index contributed by atoms with van der Waals surface area (Å²) in [4.78, 5) is 17.5. The Labute approximate surface area is 197 Å². The second-order valence-electron chi connectivity index (χ2n) is 10.6. The number of rotatable bonds is 6. The molecule has 1 aliphatic rings. The van der Waals surface area contributed by atoms with Gasteiger partial charge in [-0.1, -0.05) is 20.8 Å². The fourth-order valence-corrected chi connectivity index (χ4v) is 4.88. The maximum atomic E-state index is 12.8. The Morgan fingerprint density at radius 3 is 2.30 bits per heavy atom. The van der Waals surface area contributed by atoms with Crippen LogP contribution in [0, 0.1) is 0 Å². The monoisotopic (exact) mass is 468 g/mol. The minimum Gasteiger partial charge on any atom is -0.543 e. The van der Waals surface area contributed by atoms with E-state index in [0.29, 0.717) is 23.3 Å². The Morgan fingerprint density at radius 2 is 1.61 bits per heavy atom. The highest BCUT2D eigenvalue weighted by molar-refractivity contribution is 6.74. The van der Waals surface area contributed by atoms with E-state index in [1.807, 2.05) is 30.3 Å². The lowest BCUT2D eigenvalue weighted by Crippen LogP contribution is -2.45. The molecule has 4 rings (SSSR count). The zero-order valence-corrected chi connectivity index (χ0v) is 21.7. The summed E-state index contributed by atoms with van der Waals surface area (Å²) in [6.45, 7) is 16.8. The SMILES string of the molecule is CN1CCN(CCOc2ccc3c(c2)c(=O)oc2cc(O[Si](C)(C)C(C)(C)C)ccc23)CC1. The second kappa shape index (κ2) is 9.12. The maximum absolute atomic E-state index is 12.8. The third kappa shape index (κ3) is 5.26. The quantitative estimate of drug-likeness (QED) is 0.290. The molecule has 2 heterocycles. The summed E-state index contributed by atoms with van der Waals surface area (Å²) in [7, 11) is 0.174. The Balaban J connectivity index is 1.53. The summed E-state index contributed by atoms with van der Waals surface area (Å²) >= 11 is 0. The molecule has 2 aromatic carbocycles. The Kier molecular flexibility index (Phi) is 6.58. The van der Waals surface area contributed by atoms with Gasteiger partial charge in [-0.2, -0.15) is 0 Å². The minimum atomic E-state index is -1.98. The van der Waals surface area contributed by atoms with Crippen molar-refractivity contribution < 1.29 is 13.6 Å². The van der Waals surface area contributed by atoms with Gasteiger partial charge in [-0.25, -0.2) is 4.79 Å². The van der Waals surface area contributed by atoms with E-state index in [-0.39, 0.29) is 10.7 Å². The number of fused-ring (bicyclic) bond motifs is 3. The largest absolute Gasteiger partial charge is 0.543 e. The van der Waals surface area contributed by atoms with Gasteiger partial charge >= 0.3 is 5.63 Å². The van der Waals surface area contributed by atoms with Crippen molar-refractivity contribution in [3.8, 4) is 11.5 Å². The average molecular weight is 469 g/mol. The number of likely N-dealkylation sites (N-methyl/N-ethyl adjacent to an activating group) is 1. The number of ether oxygens (including phenoxy) is 1. The van der Waals surface area contributed by atoms with Crippen LogP contribution in [0.4, 0.5) is 0 Å². The Hall–Kier alpha value is -2.35. The molecule has 0 unspecified atom stereocenters. The van der Waals surface area contributed by atoms with E-state index in [1.54, 1.807) is 6.07 Å². The highest BCUT2D eigenvalue weighted by Crippen LogP contribution is 2.38. The zero-order valence-electron chi connectivity index (χ0n) is 20.7. The van der Waals surface area contributed by atoms with Crippen molar-refractivity contribution in [1.82, 2.24) is 9.80 Å². The summed E-state index contributed by atoms with van der Waals surface area (Å²) in [6.07, 6.45) is 0. The fraction of sp³-hybridized carbons (Fsp3) is 0.500. The molecule has 33 heavy (non-hydrogen) atoms. The molecule has 6 nitrogen and oxygen atoms in total. The molecule has 1 saturated heterocycles. The fourth-order valence-electron chi connectivity index (χ4n) is 3.86. The molecule has 3 aromatic rings. The van der Waals surface area contributed by atoms with Crippen molar-refractivity contribution in [1.29, 1.82) is 0 Å². The van der Waals surface area contributed by atoms with Crippen LogP contribution < -0.4 is 14.8 Å². The van der Waals surface area contributed by atoms with Gasteiger partial charge in [0, 0.05) is 49.6 Å². The van der Waals surface area contributed by atoms with E-state index in [9.17, 15) is 4.79 Å². The topological polar surface area (TPSA) is 55.2 Å². The zero-order chi connectivity index (χ0) is 23.8. The van der Waals surface area contributed by atoms with Gasteiger partial charge in [0.15, 0.2) is 0 Å². The van der Waals surface area contributed by atoms with Crippen molar-refractivity contribution in [3.63, 3.8) is 0 Å². The minimum absolute atomic E-state index is 0.0902. The van der Waals surface area contributed by atoms with Gasteiger partial charge in [0.25, 0.3) is 0 Å².